The molecule has 134 valence electrons. The topological polar surface area (TPSA) is 61.4 Å². The zero-order chi connectivity index (χ0) is 17.2. The highest BCUT2D eigenvalue weighted by Crippen LogP contribution is 2.36. The van der Waals surface area contributed by atoms with Crippen LogP contribution in [-0.2, 0) is 16.0 Å². The van der Waals surface area contributed by atoms with Crippen molar-refractivity contribution < 1.29 is 9.59 Å². The molecule has 2 N–H and O–H groups in total. The predicted molar refractivity (Wildman–Crippen MR) is 96.2 cm³/mol. The van der Waals surface area contributed by atoms with E-state index in [2.05, 4.69) is 22.8 Å². The molecule has 0 bridgehead atoms. The Morgan fingerprint density at radius 1 is 1.20 bits per heavy atom. The molecule has 2 amide bonds. The molecule has 0 aromatic heterocycles. The van der Waals surface area contributed by atoms with Crippen LogP contribution in [0, 0.1) is 5.92 Å². The van der Waals surface area contributed by atoms with Crippen LogP contribution in [0.25, 0.3) is 0 Å². The average molecular weight is 341 g/mol. The number of nitrogens with zero attached hydrogens (tertiary/aromatic N) is 1. The first kappa shape index (κ1) is 16.6. The summed E-state index contributed by atoms with van der Waals surface area (Å²) in [6.07, 6.45) is 5.00. The third kappa shape index (κ3) is 3.43. The number of piperidine rings is 1. The maximum absolute atomic E-state index is 12.9. The fraction of sp³-hybridized carbons (Fsp3) is 0.600. The lowest BCUT2D eigenvalue weighted by atomic mass is 9.76. The molecule has 5 heteroatoms. The van der Waals surface area contributed by atoms with Crippen LogP contribution < -0.4 is 10.6 Å². The molecule has 2 aliphatic heterocycles. The summed E-state index contributed by atoms with van der Waals surface area (Å²) in [7, 11) is 0. The van der Waals surface area contributed by atoms with Gasteiger partial charge in [0.1, 0.15) is 0 Å². The van der Waals surface area contributed by atoms with E-state index in [1.165, 1.54) is 11.1 Å². The second kappa shape index (κ2) is 7.16. The minimum atomic E-state index is -0.0206. The van der Waals surface area contributed by atoms with Crippen LogP contribution in [0.5, 0.6) is 0 Å². The minimum absolute atomic E-state index is 0.0206. The van der Waals surface area contributed by atoms with E-state index in [1.54, 1.807) is 0 Å². The number of carbonyl (C=O) groups excluding carboxylic acids is 2. The van der Waals surface area contributed by atoms with Gasteiger partial charge in [0.2, 0.25) is 11.8 Å². The Morgan fingerprint density at radius 2 is 2.08 bits per heavy atom. The lowest BCUT2D eigenvalue weighted by Gasteiger charge is -2.38. The molecule has 1 aromatic carbocycles. The van der Waals surface area contributed by atoms with Gasteiger partial charge in [0, 0.05) is 19.6 Å². The summed E-state index contributed by atoms with van der Waals surface area (Å²) >= 11 is 0. The van der Waals surface area contributed by atoms with Gasteiger partial charge in [0.25, 0.3) is 0 Å². The van der Waals surface area contributed by atoms with Crippen molar-refractivity contribution in [3.63, 3.8) is 0 Å². The summed E-state index contributed by atoms with van der Waals surface area (Å²) in [5.41, 5.74) is 2.51. The number of likely N-dealkylation sites (tertiary alicyclic amines) is 1. The molecule has 4 rings (SSSR count). The molecule has 2 fully saturated rings. The molecule has 25 heavy (non-hydrogen) atoms. The van der Waals surface area contributed by atoms with Crippen molar-refractivity contribution in [2.75, 3.05) is 26.2 Å². The molecule has 0 spiro atoms. The third-order valence-corrected chi connectivity index (χ3v) is 5.93. The summed E-state index contributed by atoms with van der Waals surface area (Å²) in [5, 5.41) is 6.32. The van der Waals surface area contributed by atoms with Gasteiger partial charge in [0.15, 0.2) is 0 Å². The molecule has 1 aromatic rings. The fourth-order valence-electron chi connectivity index (χ4n) is 4.41. The summed E-state index contributed by atoms with van der Waals surface area (Å²) < 4.78 is 0. The zero-order valence-corrected chi connectivity index (χ0v) is 14.7. The Kier molecular flexibility index (Phi) is 4.75. The number of carbonyl (C=O) groups is 2. The van der Waals surface area contributed by atoms with Crippen molar-refractivity contribution in [1.29, 1.82) is 0 Å². The van der Waals surface area contributed by atoms with Gasteiger partial charge in [-0.2, -0.15) is 0 Å². The number of rotatable bonds is 4. The highest BCUT2D eigenvalue weighted by Gasteiger charge is 2.36. The van der Waals surface area contributed by atoms with Crippen molar-refractivity contribution in [2.45, 2.75) is 44.1 Å². The Morgan fingerprint density at radius 3 is 2.88 bits per heavy atom. The molecule has 5 nitrogen and oxygen atoms in total. The van der Waals surface area contributed by atoms with Gasteiger partial charge in [-0.15, -0.1) is 0 Å². The summed E-state index contributed by atoms with van der Waals surface area (Å²) in [6.45, 7) is 3.25. The van der Waals surface area contributed by atoms with Gasteiger partial charge in [-0.25, -0.2) is 0 Å². The number of hydrogen-bond donors (Lipinski definition) is 2. The molecule has 3 atom stereocenters. The van der Waals surface area contributed by atoms with Gasteiger partial charge in [-0.3, -0.25) is 9.59 Å². The largest absolute Gasteiger partial charge is 0.354 e. The molecule has 0 radical (unpaired) electrons. The first-order valence-electron chi connectivity index (χ1n) is 9.60. The monoisotopic (exact) mass is 341 g/mol. The van der Waals surface area contributed by atoms with Crippen LogP contribution in [0.1, 0.15) is 42.7 Å². The fourth-order valence-corrected chi connectivity index (χ4v) is 4.41. The lowest BCUT2D eigenvalue weighted by Crippen LogP contribution is -2.48. The van der Waals surface area contributed by atoms with E-state index in [4.69, 9.17) is 0 Å². The number of nitrogens with one attached hydrogen (secondary N) is 2. The van der Waals surface area contributed by atoms with Gasteiger partial charge in [-0.05, 0) is 55.7 Å². The van der Waals surface area contributed by atoms with Crippen molar-refractivity contribution in [2.24, 2.45) is 5.92 Å². The average Bonchev–Trinajstić information content (AvgIpc) is 3.16. The van der Waals surface area contributed by atoms with Crippen LogP contribution in [0.2, 0.25) is 0 Å². The second-order valence-electron chi connectivity index (χ2n) is 7.64. The number of hydrogen-bond acceptors (Lipinski definition) is 3. The van der Waals surface area contributed by atoms with E-state index < -0.39 is 0 Å². The molecule has 3 unspecified atom stereocenters. The van der Waals surface area contributed by atoms with Gasteiger partial charge < -0.3 is 15.5 Å². The molecule has 2 saturated heterocycles. The quantitative estimate of drug-likeness (QED) is 0.871. The van der Waals surface area contributed by atoms with E-state index in [0.717, 1.165) is 51.7 Å². The molecule has 1 aliphatic carbocycles. The molecule has 0 saturated carbocycles. The standard InChI is InChI=1S/C20H27N3O2/c24-19(18-8-3-9-21-18)22-12-14-5-4-10-23(13-14)20(25)17-11-15-6-1-2-7-16(15)17/h1-2,6-7,14,17-18,21H,3-5,8-13H2,(H,22,24). The van der Waals surface area contributed by atoms with Crippen molar-refractivity contribution in [3.05, 3.63) is 35.4 Å². The Labute approximate surface area is 149 Å². The Bertz CT molecular complexity index is 654. The van der Waals surface area contributed by atoms with Crippen molar-refractivity contribution >= 4 is 11.8 Å². The lowest BCUT2D eigenvalue weighted by molar-refractivity contribution is -0.135. The summed E-state index contributed by atoms with van der Waals surface area (Å²) in [6, 6.07) is 8.23. The molecular weight excluding hydrogens is 314 g/mol. The molecular formula is C20H27N3O2. The third-order valence-electron chi connectivity index (χ3n) is 5.93. The smallest absolute Gasteiger partial charge is 0.237 e. The maximum Gasteiger partial charge on any atom is 0.237 e. The van der Waals surface area contributed by atoms with Crippen molar-refractivity contribution in [1.82, 2.24) is 15.5 Å². The highest BCUT2D eigenvalue weighted by molar-refractivity contribution is 5.87. The Balaban J connectivity index is 1.29. The minimum Gasteiger partial charge on any atom is -0.354 e. The van der Waals surface area contributed by atoms with E-state index in [9.17, 15) is 9.59 Å². The van der Waals surface area contributed by atoms with Crippen LogP contribution in [0.3, 0.4) is 0 Å². The molecule has 2 heterocycles. The summed E-state index contributed by atoms with van der Waals surface area (Å²) in [5.74, 6) is 0.812. The van der Waals surface area contributed by atoms with E-state index in [-0.39, 0.29) is 23.8 Å². The van der Waals surface area contributed by atoms with Crippen LogP contribution in [0.4, 0.5) is 0 Å². The number of amides is 2. The molecule has 3 aliphatic rings. The van der Waals surface area contributed by atoms with Crippen LogP contribution in [0.15, 0.2) is 24.3 Å². The highest BCUT2D eigenvalue weighted by atomic mass is 16.2. The number of benzene rings is 1. The summed E-state index contributed by atoms with van der Waals surface area (Å²) in [4.78, 5) is 27.0. The zero-order valence-electron chi connectivity index (χ0n) is 14.7. The first-order chi connectivity index (χ1) is 12.2. The maximum atomic E-state index is 12.9. The number of fused-ring (bicyclic) bond motifs is 1. The SMILES string of the molecule is O=C(NCC1CCCN(C(=O)C2Cc3ccccc32)C1)C1CCCN1. The van der Waals surface area contributed by atoms with Gasteiger partial charge in [0.05, 0.1) is 12.0 Å². The normalized spacial score (nSPS) is 28.2. The van der Waals surface area contributed by atoms with Crippen LogP contribution >= 0.6 is 0 Å². The van der Waals surface area contributed by atoms with E-state index in [0.29, 0.717) is 12.5 Å². The first-order valence-corrected chi connectivity index (χ1v) is 9.60. The van der Waals surface area contributed by atoms with Crippen LogP contribution in [-0.4, -0.2) is 48.9 Å². The van der Waals surface area contributed by atoms with Gasteiger partial charge >= 0.3 is 0 Å². The van der Waals surface area contributed by atoms with Gasteiger partial charge in [-0.1, -0.05) is 24.3 Å². The predicted octanol–water partition coefficient (Wildman–Crippen LogP) is 1.43. The Hall–Kier alpha value is -1.88. The van der Waals surface area contributed by atoms with Crippen molar-refractivity contribution in [3.8, 4) is 0 Å². The second-order valence-corrected chi connectivity index (χ2v) is 7.64. The van der Waals surface area contributed by atoms with E-state index in [1.807, 2.05) is 17.0 Å². The van der Waals surface area contributed by atoms with E-state index >= 15 is 0 Å².